The van der Waals surface area contributed by atoms with Crippen LogP contribution in [0.3, 0.4) is 0 Å². The van der Waals surface area contributed by atoms with Gasteiger partial charge in [-0.1, -0.05) is 19.9 Å². The summed E-state index contributed by atoms with van der Waals surface area (Å²) in [6.45, 7) is 9.59. The maximum absolute atomic E-state index is 13.0. The highest BCUT2D eigenvalue weighted by Gasteiger charge is 2.23. The quantitative estimate of drug-likeness (QED) is 0.590. The van der Waals surface area contributed by atoms with E-state index in [0.717, 1.165) is 55.5 Å². The summed E-state index contributed by atoms with van der Waals surface area (Å²) in [7, 11) is 1.65. The van der Waals surface area contributed by atoms with E-state index in [9.17, 15) is 4.79 Å². The van der Waals surface area contributed by atoms with Crippen molar-refractivity contribution >= 4 is 33.2 Å². The van der Waals surface area contributed by atoms with Crippen molar-refractivity contribution < 1.29 is 9.47 Å². The number of aryl methyl sites for hydroxylation is 2. The topological polar surface area (TPSA) is 53.4 Å². The molecule has 0 fully saturated rings. The minimum atomic E-state index is 0.0749. The number of hydrogen-bond acceptors (Lipinski definition) is 5. The van der Waals surface area contributed by atoms with E-state index >= 15 is 0 Å². The highest BCUT2D eigenvalue weighted by Crippen LogP contribution is 2.34. The molecule has 0 saturated heterocycles. The summed E-state index contributed by atoms with van der Waals surface area (Å²) in [4.78, 5) is 19.8. The molecular weight excluding hydrogens is 384 g/mol. The van der Waals surface area contributed by atoms with Gasteiger partial charge in [-0.15, -0.1) is 11.3 Å². The second-order valence-electron chi connectivity index (χ2n) is 7.89. The van der Waals surface area contributed by atoms with Gasteiger partial charge in [0.1, 0.15) is 10.7 Å². The van der Waals surface area contributed by atoms with Crippen LogP contribution >= 0.6 is 11.3 Å². The van der Waals surface area contributed by atoms with Gasteiger partial charge in [0.2, 0.25) is 0 Å². The van der Waals surface area contributed by atoms with Crippen molar-refractivity contribution in [3.63, 3.8) is 0 Å². The fourth-order valence-corrected chi connectivity index (χ4v) is 4.63. The van der Waals surface area contributed by atoms with Gasteiger partial charge in [-0.25, -0.2) is 4.98 Å². The minimum absolute atomic E-state index is 0.0749. The molecule has 1 aliphatic heterocycles. The Morgan fingerprint density at radius 1 is 1.28 bits per heavy atom. The number of aromatic nitrogens is 2. The molecule has 6 heteroatoms. The minimum Gasteiger partial charge on any atom is -0.493 e. The lowest BCUT2D eigenvalue weighted by Crippen LogP contribution is -2.20. The summed E-state index contributed by atoms with van der Waals surface area (Å²) in [5.74, 6) is 2.67. The van der Waals surface area contributed by atoms with Gasteiger partial charge in [0, 0.05) is 11.4 Å². The molecule has 4 rings (SSSR count). The first-order valence-corrected chi connectivity index (χ1v) is 10.7. The van der Waals surface area contributed by atoms with Crippen molar-refractivity contribution in [1.29, 1.82) is 0 Å². The first kappa shape index (κ1) is 19.7. The molecule has 0 unspecified atom stereocenters. The summed E-state index contributed by atoms with van der Waals surface area (Å²) in [5.41, 5.74) is 3.22. The zero-order valence-corrected chi connectivity index (χ0v) is 18.4. The van der Waals surface area contributed by atoms with E-state index in [2.05, 4.69) is 19.9 Å². The normalized spacial score (nSPS) is 14.8. The second-order valence-corrected chi connectivity index (χ2v) is 9.09. The SMILES string of the molecule is COc1ccc(/C=C2\CCn3c2nc2sc(C)c(C)c2c3=O)cc1OCC(C)C. The van der Waals surface area contributed by atoms with E-state index in [1.54, 1.807) is 18.4 Å². The molecule has 0 radical (unpaired) electrons. The van der Waals surface area contributed by atoms with E-state index in [4.69, 9.17) is 14.5 Å². The Bertz CT molecular complexity index is 1170. The van der Waals surface area contributed by atoms with Crippen molar-refractivity contribution in [3.05, 3.63) is 50.4 Å². The van der Waals surface area contributed by atoms with Gasteiger partial charge in [-0.3, -0.25) is 9.36 Å². The van der Waals surface area contributed by atoms with Crippen molar-refractivity contribution in [3.8, 4) is 11.5 Å². The number of fused-ring (bicyclic) bond motifs is 2. The van der Waals surface area contributed by atoms with Crippen LogP contribution in [-0.4, -0.2) is 23.3 Å². The molecule has 152 valence electrons. The second kappa shape index (κ2) is 7.67. The lowest BCUT2D eigenvalue weighted by atomic mass is 10.1. The van der Waals surface area contributed by atoms with E-state index in [-0.39, 0.29) is 5.56 Å². The lowest BCUT2D eigenvalue weighted by Gasteiger charge is -2.13. The maximum Gasteiger partial charge on any atom is 0.262 e. The third-order valence-electron chi connectivity index (χ3n) is 5.28. The van der Waals surface area contributed by atoms with Crippen molar-refractivity contribution in [2.75, 3.05) is 13.7 Å². The van der Waals surface area contributed by atoms with E-state index in [1.165, 1.54) is 0 Å². The molecule has 0 spiro atoms. The van der Waals surface area contributed by atoms with Crippen molar-refractivity contribution in [2.45, 2.75) is 40.7 Å². The van der Waals surface area contributed by atoms with Gasteiger partial charge < -0.3 is 9.47 Å². The van der Waals surface area contributed by atoms with Gasteiger partial charge in [0.15, 0.2) is 11.5 Å². The van der Waals surface area contributed by atoms with Crippen LogP contribution in [0.4, 0.5) is 0 Å². The molecule has 3 heterocycles. The molecule has 2 aromatic heterocycles. The van der Waals surface area contributed by atoms with Crippen LogP contribution in [0.5, 0.6) is 11.5 Å². The van der Waals surface area contributed by atoms with Crippen molar-refractivity contribution in [1.82, 2.24) is 9.55 Å². The summed E-state index contributed by atoms with van der Waals surface area (Å²) >= 11 is 1.60. The molecule has 3 aromatic rings. The van der Waals surface area contributed by atoms with Crippen LogP contribution < -0.4 is 15.0 Å². The number of benzene rings is 1. The third kappa shape index (κ3) is 3.57. The van der Waals surface area contributed by atoms with Gasteiger partial charge in [-0.2, -0.15) is 0 Å². The van der Waals surface area contributed by atoms with Gasteiger partial charge >= 0.3 is 0 Å². The number of nitrogens with zero attached hydrogens (tertiary/aromatic N) is 2. The lowest BCUT2D eigenvalue weighted by molar-refractivity contribution is 0.257. The number of methoxy groups -OCH3 is 1. The monoisotopic (exact) mass is 410 g/mol. The standard InChI is InChI=1S/C23H26N2O3S/c1-13(2)12-28-19-11-16(6-7-18(19)27-5)10-17-8-9-25-21(17)24-22-20(23(25)26)14(3)15(4)29-22/h6-7,10-11,13H,8-9,12H2,1-5H3/b17-10+. The molecular formula is C23H26N2O3S. The molecule has 0 aliphatic carbocycles. The largest absolute Gasteiger partial charge is 0.493 e. The summed E-state index contributed by atoms with van der Waals surface area (Å²) in [6.07, 6.45) is 2.90. The van der Waals surface area contributed by atoms with Crippen LogP contribution in [0, 0.1) is 19.8 Å². The molecule has 0 atom stereocenters. The Morgan fingerprint density at radius 3 is 2.79 bits per heavy atom. The van der Waals surface area contributed by atoms with Crippen LogP contribution in [0.15, 0.2) is 23.0 Å². The van der Waals surface area contributed by atoms with E-state index in [0.29, 0.717) is 19.1 Å². The average molecular weight is 411 g/mol. The van der Waals surface area contributed by atoms with Crippen LogP contribution in [0.1, 0.15) is 42.1 Å². The number of thiophene rings is 1. The molecule has 0 amide bonds. The summed E-state index contributed by atoms with van der Waals surface area (Å²) < 4.78 is 13.2. The molecule has 29 heavy (non-hydrogen) atoms. The van der Waals surface area contributed by atoms with Gasteiger partial charge in [-0.05, 0) is 61.1 Å². The smallest absolute Gasteiger partial charge is 0.262 e. The molecule has 0 saturated carbocycles. The average Bonchev–Trinajstić information content (AvgIpc) is 3.21. The Balaban J connectivity index is 1.75. The Kier molecular flexibility index (Phi) is 5.21. The number of hydrogen-bond donors (Lipinski definition) is 0. The van der Waals surface area contributed by atoms with Gasteiger partial charge in [0.05, 0.1) is 19.1 Å². The Morgan fingerprint density at radius 2 is 2.07 bits per heavy atom. The molecule has 0 bridgehead atoms. The van der Waals surface area contributed by atoms with E-state index in [1.807, 2.05) is 36.6 Å². The number of allylic oxidation sites excluding steroid dienone is 1. The summed E-state index contributed by atoms with van der Waals surface area (Å²) in [6, 6.07) is 5.92. The molecule has 5 nitrogen and oxygen atoms in total. The van der Waals surface area contributed by atoms with Crippen LogP contribution in [0.2, 0.25) is 0 Å². The predicted molar refractivity (Wildman–Crippen MR) is 119 cm³/mol. The predicted octanol–water partition coefficient (Wildman–Crippen LogP) is 5.06. The maximum atomic E-state index is 13.0. The highest BCUT2D eigenvalue weighted by molar-refractivity contribution is 7.18. The number of ether oxygens (including phenoxy) is 2. The van der Waals surface area contributed by atoms with Crippen molar-refractivity contribution in [2.24, 2.45) is 5.92 Å². The summed E-state index contributed by atoms with van der Waals surface area (Å²) in [5, 5.41) is 0.770. The van der Waals surface area contributed by atoms with E-state index < -0.39 is 0 Å². The fraction of sp³-hybridized carbons (Fsp3) is 0.391. The third-order valence-corrected chi connectivity index (χ3v) is 6.38. The van der Waals surface area contributed by atoms with Gasteiger partial charge in [0.25, 0.3) is 5.56 Å². The zero-order valence-electron chi connectivity index (χ0n) is 17.5. The first-order chi connectivity index (χ1) is 13.9. The van der Waals surface area contributed by atoms with Crippen LogP contribution in [0.25, 0.3) is 21.9 Å². The number of rotatable bonds is 5. The molecule has 1 aliphatic rings. The molecule has 0 N–H and O–H groups in total. The highest BCUT2D eigenvalue weighted by atomic mass is 32.1. The Hall–Kier alpha value is -2.60. The first-order valence-electron chi connectivity index (χ1n) is 9.91. The Labute approximate surface area is 174 Å². The van der Waals surface area contributed by atoms with Crippen LogP contribution in [-0.2, 0) is 6.54 Å². The zero-order chi connectivity index (χ0) is 20.7. The molecule has 1 aromatic carbocycles. The fourth-order valence-electron chi connectivity index (χ4n) is 3.61.